The monoisotopic (exact) mass is 381 g/mol. The molecule has 4 rings (SSSR count). The smallest absolute Gasteiger partial charge is 0.295 e. The van der Waals surface area contributed by atoms with Crippen LogP contribution >= 0.6 is 0 Å². The summed E-state index contributed by atoms with van der Waals surface area (Å²) in [6.45, 7) is 1.45. The standard InChI is InChI=1S/C22H27N3O3/c26-20(23-16-8-2-1-3-9-16)15-25-14-18(17-10-4-5-11-19(17)25)21(27)22(28)24-12-6-7-13-24/h4-5,10-11,14,16H,1-3,6-9,12-13,15H2,(H,23,26). The Kier molecular flexibility index (Phi) is 5.46. The molecule has 1 saturated carbocycles. The Morgan fingerprint density at radius 3 is 2.43 bits per heavy atom. The minimum absolute atomic E-state index is 0.0440. The third-order valence-corrected chi connectivity index (χ3v) is 5.90. The van der Waals surface area contributed by atoms with E-state index in [2.05, 4.69) is 5.32 Å². The van der Waals surface area contributed by atoms with Crippen molar-refractivity contribution in [2.45, 2.75) is 57.5 Å². The van der Waals surface area contributed by atoms with E-state index in [9.17, 15) is 14.4 Å². The number of carbonyl (C=O) groups excluding carboxylic acids is 3. The Labute approximate surface area is 164 Å². The second-order valence-corrected chi connectivity index (χ2v) is 7.92. The number of nitrogens with zero attached hydrogens (tertiary/aromatic N) is 2. The highest BCUT2D eigenvalue weighted by Crippen LogP contribution is 2.23. The maximum Gasteiger partial charge on any atom is 0.295 e. The van der Waals surface area contributed by atoms with Crippen LogP contribution in [0, 0.1) is 0 Å². The van der Waals surface area contributed by atoms with E-state index in [1.54, 1.807) is 15.7 Å². The largest absolute Gasteiger partial charge is 0.352 e. The summed E-state index contributed by atoms with van der Waals surface area (Å²) in [7, 11) is 0. The lowest BCUT2D eigenvalue weighted by molar-refractivity contribution is -0.125. The van der Waals surface area contributed by atoms with Crippen LogP contribution in [-0.2, 0) is 16.1 Å². The van der Waals surface area contributed by atoms with Gasteiger partial charge in [0.1, 0.15) is 6.54 Å². The Balaban J connectivity index is 1.55. The first-order valence-corrected chi connectivity index (χ1v) is 10.3. The molecule has 1 aromatic carbocycles. The number of hydrogen-bond acceptors (Lipinski definition) is 3. The highest BCUT2D eigenvalue weighted by Gasteiger charge is 2.28. The third kappa shape index (κ3) is 3.81. The molecule has 1 N–H and O–H groups in total. The number of rotatable bonds is 5. The molecular formula is C22H27N3O3. The number of nitrogens with one attached hydrogen (secondary N) is 1. The van der Waals surface area contributed by atoms with Crippen LogP contribution in [0.4, 0.5) is 0 Å². The van der Waals surface area contributed by atoms with Gasteiger partial charge in [-0.2, -0.15) is 0 Å². The maximum absolute atomic E-state index is 12.9. The highest BCUT2D eigenvalue weighted by molar-refractivity contribution is 6.44. The molecule has 6 nitrogen and oxygen atoms in total. The third-order valence-electron chi connectivity index (χ3n) is 5.90. The van der Waals surface area contributed by atoms with Gasteiger partial charge in [-0.05, 0) is 31.7 Å². The first-order valence-electron chi connectivity index (χ1n) is 10.3. The fraction of sp³-hybridized carbons (Fsp3) is 0.500. The van der Waals surface area contributed by atoms with Crippen molar-refractivity contribution >= 4 is 28.5 Å². The molecule has 2 heterocycles. The second-order valence-electron chi connectivity index (χ2n) is 7.92. The lowest BCUT2D eigenvalue weighted by Gasteiger charge is -2.22. The number of Topliss-reactive ketones (excluding diaryl/α,β-unsaturated/α-hetero) is 1. The van der Waals surface area contributed by atoms with Crippen LogP contribution in [-0.4, -0.2) is 46.2 Å². The minimum Gasteiger partial charge on any atom is -0.352 e. The molecule has 0 bridgehead atoms. The van der Waals surface area contributed by atoms with Crippen LogP contribution in [0.25, 0.3) is 10.9 Å². The summed E-state index contributed by atoms with van der Waals surface area (Å²) in [5, 5.41) is 3.85. The lowest BCUT2D eigenvalue weighted by atomic mass is 9.95. The van der Waals surface area contributed by atoms with Gasteiger partial charge in [-0.25, -0.2) is 0 Å². The van der Waals surface area contributed by atoms with Crippen LogP contribution in [0.15, 0.2) is 30.5 Å². The number of para-hydroxylation sites is 1. The first-order chi connectivity index (χ1) is 13.6. The van der Waals surface area contributed by atoms with E-state index < -0.39 is 11.7 Å². The molecule has 0 radical (unpaired) electrons. The van der Waals surface area contributed by atoms with Crippen molar-refractivity contribution in [3.63, 3.8) is 0 Å². The molecule has 0 spiro atoms. The summed E-state index contributed by atoms with van der Waals surface area (Å²) in [4.78, 5) is 39.6. The average molecular weight is 381 g/mol. The number of hydrogen-bond donors (Lipinski definition) is 1. The Hall–Kier alpha value is -2.63. The SMILES string of the molecule is O=C(Cn1cc(C(=O)C(=O)N2CCCC2)c2ccccc21)NC1CCCCC1. The fourth-order valence-electron chi connectivity index (χ4n) is 4.41. The number of aromatic nitrogens is 1. The van der Waals surface area contributed by atoms with E-state index in [-0.39, 0.29) is 18.5 Å². The molecule has 2 aromatic rings. The number of likely N-dealkylation sites (tertiary alicyclic amines) is 1. The first kappa shape index (κ1) is 18.7. The Bertz CT molecular complexity index is 890. The Morgan fingerprint density at radius 1 is 0.964 bits per heavy atom. The number of benzene rings is 1. The fourth-order valence-corrected chi connectivity index (χ4v) is 4.41. The van der Waals surface area contributed by atoms with Crippen molar-refractivity contribution in [2.75, 3.05) is 13.1 Å². The van der Waals surface area contributed by atoms with Gasteiger partial charge in [-0.15, -0.1) is 0 Å². The van der Waals surface area contributed by atoms with Gasteiger partial charge in [0.2, 0.25) is 5.91 Å². The van der Waals surface area contributed by atoms with E-state index in [0.29, 0.717) is 18.7 Å². The number of carbonyl (C=O) groups is 3. The molecule has 2 amide bonds. The molecule has 2 fully saturated rings. The molecule has 1 aliphatic heterocycles. The molecule has 28 heavy (non-hydrogen) atoms. The molecule has 0 unspecified atom stereocenters. The average Bonchev–Trinajstić information content (AvgIpc) is 3.36. The predicted molar refractivity (Wildman–Crippen MR) is 107 cm³/mol. The molecule has 1 aromatic heterocycles. The second kappa shape index (κ2) is 8.17. The number of fused-ring (bicyclic) bond motifs is 1. The topological polar surface area (TPSA) is 71.4 Å². The zero-order valence-electron chi connectivity index (χ0n) is 16.2. The van der Waals surface area contributed by atoms with E-state index in [1.807, 2.05) is 24.3 Å². The van der Waals surface area contributed by atoms with Gasteiger partial charge in [-0.3, -0.25) is 14.4 Å². The normalized spacial score (nSPS) is 17.8. The summed E-state index contributed by atoms with van der Waals surface area (Å²) in [6, 6.07) is 7.72. The predicted octanol–water partition coefficient (Wildman–Crippen LogP) is 2.90. The van der Waals surface area contributed by atoms with Gasteiger partial charge in [-0.1, -0.05) is 37.5 Å². The van der Waals surface area contributed by atoms with Crippen LogP contribution in [0.1, 0.15) is 55.3 Å². The number of ketones is 1. The summed E-state index contributed by atoms with van der Waals surface area (Å²) in [5.74, 6) is -0.964. The van der Waals surface area contributed by atoms with Crippen molar-refractivity contribution in [3.8, 4) is 0 Å². The van der Waals surface area contributed by atoms with Crippen molar-refractivity contribution < 1.29 is 14.4 Å². The summed E-state index contributed by atoms with van der Waals surface area (Å²) in [5.41, 5.74) is 1.19. The summed E-state index contributed by atoms with van der Waals surface area (Å²) < 4.78 is 1.79. The molecule has 1 aliphatic carbocycles. The van der Waals surface area contributed by atoms with E-state index in [0.717, 1.165) is 49.4 Å². The van der Waals surface area contributed by atoms with Gasteiger partial charge < -0.3 is 14.8 Å². The van der Waals surface area contributed by atoms with Crippen LogP contribution in [0.2, 0.25) is 0 Å². The molecular weight excluding hydrogens is 354 g/mol. The quantitative estimate of drug-likeness (QED) is 0.639. The van der Waals surface area contributed by atoms with Gasteiger partial charge in [0.15, 0.2) is 0 Å². The van der Waals surface area contributed by atoms with Gasteiger partial charge in [0.25, 0.3) is 11.7 Å². The molecule has 0 atom stereocenters. The van der Waals surface area contributed by atoms with Crippen LogP contribution in [0.3, 0.4) is 0 Å². The number of amides is 2. The van der Waals surface area contributed by atoms with Crippen LogP contribution < -0.4 is 5.32 Å². The summed E-state index contributed by atoms with van der Waals surface area (Å²) >= 11 is 0. The highest BCUT2D eigenvalue weighted by atomic mass is 16.2. The van der Waals surface area contributed by atoms with Crippen molar-refractivity contribution in [1.82, 2.24) is 14.8 Å². The van der Waals surface area contributed by atoms with Gasteiger partial charge in [0.05, 0.1) is 5.56 Å². The van der Waals surface area contributed by atoms with Crippen molar-refractivity contribution in [3.05, 3.63) is 36.0 Å². The van der Waals surface area contributed by atoms with Crippen LogP contribution in [0.5, 0.6) is 0 Å². The van der Waals surface area contributed by atoms with E-state index in [4.69, 9.17) is 0 Å². The maximum atomic E-state index is 12.9. The summed E-state index contributed by atoms with van der Waals surface area (Å²) in [6.07, 6.45) is 9.19. The van der Waals surface area contributed by atoms with Crippen molar-refractivity contribution in [1.29, 1.82) is 0 Å². The molecule has 1 saturated heterocycles. The zero-order chi connectivity index (χ0) is 19.5. The minimum atomic E-state index is -0.482. The lowest BCUT2D eigenvalue weighted by Crippen LogP contribution is -2.38. The molecule has 6 heteroatoms. The molecule has 148 valence electrons. The van der Waals surface area contributed by atoms with E-state index in [1.165, 1.54) is 6.42 Å². The van der Waals surface area contributed by atoms with Crippen molar-refractivity contribution in [2.24, 2.45) is 0 Å². The Morgan fingerprint density at radius 2 is 1.68 bits per heavy atom. The zero-order valence-corrected chi connectivity index (χ0v) is 16.2. The molecule has 2 aliphatic rings. The van der Waals surface area contributed by atoms with Gasteiger partial charge >= 0.3 is 0 Å². The van der Waals surface area contributed by atoms with E-state index >= 15 is 0 Å². The van der Waals surface area contributed by atoms with Gasteiger partial charge in [0, 0.05) is 36.2 Å².